The maximum absolute atomic E-state index is 13.5. The number of piperidine rings is 1. The average Bonchev–Trinajstić information content (AvgIpc) is 3.15. The molecule has 2 fully saturated rings. The van der Waals surface area contributed by atoms with Crippen LogP contribution in [0.3, 0.4) is 0 Å². The van der Waals surface area contributed by atoms with E-state index in [9.17, 15) is 9.18 Å². The van der Waals surface area contributed by atoms with E-state index in [2.05, 4.69) is 12.2 Å². The minimum atomic E-state index is -0.256. The maximum Gasteiger partial charge on any atom is 0.223 e. The van der Waals surface area contributed by atoms with E-state index >= 15 is 0 Å². The van der Waals surface area contributed by atoms with Gasteiger partial charge in [-0.05, 0) is 68.3 Å². The molecule has 3 unspecified atom stereocenters. The zero-order valence-corrected chi connectivity index (χ0v) is 17.0. The summed E-state index contributed by atoms with van der Waals surface area (Å²) >= 11 is 0. The third kappa shape index (κ3) is 6.74. The predicted octanol–water partition coefficient (Wildman–Crippen LogP) is 3.78. The van der Waals surface area contributed by atoms with Gasteiger partial charge in [-0.15, -0.1) is 12.4 Å². The van der Waals surface area contributed by atoms with Gasteiger partial charge in [0.05, 0.1) is 6.10 Å². The summed E-state index contributed by atoms with van der Waals surface area (Å²) in [5, 5.41) is 3.44. The van der Waals surface area contributed by atoms with Crippen LogP contribution in [0.2, 0.25) is 0 Å². The molecule has 3 rings (SSSR count). The van der Waals surface area contributed by atoms with Crippen LogP contribution in [0, 0.1) is 17.7 Å². The first-order chi connectivity index (χ1) is 12.6. The quantitative estimate of drug-likeness (QED) is 0.759. The molecule has 1 N–H and O–H groups in total. The number of ether oxygens (including phenoxy) is 1. The smallest absolute Gasteiger partial charge is 0.223 e. The minimum absolute atomic E-state index is 0. The fourth-order valence-corrected chi connectivity index (χ4v) is 4.08. The molecule has 1 aromatic carbocycles. The van der Waals surface area contributed by atoms with Crippen LogP contribution >= 0.6 is 12.4 Å². The Bertz CT molecular complexity index is 589. The fraction of sp³-hybridized carbons (Fsp3) is 0.667. The second kappa shape index (κ2) is 11.0. The summed E-state index contributed by atoms with van der Waals surface area (Å²) in [5.41, 5.74) is 0.836. The van der Waals surface area contributed by atoms with Crippen molar-refractivity contribution in [2.75, 3.05) is 26.2 Å². The van der Waals surface area contributed by atoms with E-state index in [1.54, 1.807) is 6.07 Å². The number of hydrogen-bond donors (Lipinski definition) is 1. The number of benzene rings is 1. The Morgan fingerprint density at radius 3 is 2.89 bits per heavy atom. The van der Waals surface area contributed by atoms with Crippen LogP contribution in [0.25, 0.3) is 0 Å². The lowest BCUT2D eigenvalue weighted by Gasteiger charge is -2.31. The number of nitrogens with zero attached hydrogens (tertiary/aromatic N) is 1. The van der Waals surface area contributed by atoms with Crippen LogP contribution in [-0.4, -0.2) is 43.2 Å². The van der Waals surface area contributed by atoms with Crippen LogP contribution in [0.4, 0.5) is 4.39 Å². The third-order valence-electron chi connectivity index (χ3n) is 5.70. The molecule has 4 nitrogen and oxygen atoms in total. The molecule has 3 atom stereocenters. The van der Waals surface area contributed by atoms with Gasteiger partial charge in [0.1, 0.15) is 5.82 Å². The first-order valence-electron chi connectivity index (χ1n) is 9.96. The van der Waals surface area contributed by atoms with Crippen molar-refractivity contribution in [3.63, 3.8) is 0 Å². The monoisotopic (exact) mass is 398 g/mol. The molecule has 2 saturated heterocycles. The second-order valence-electron chi connectivity index (χ2n) is 7.83. The number of amides is 1. The highest BCUT2D eigenvalue weighted by atomic mass is 35.5. The molecule has 0 saturated carbocycles. The van der Waals surface area contributed by atoms with E-state index in [1.165, 1.54) is 25.0 Å². The van der Waals surface area contributed by atoms with Crippen LogP contribution < -0.4 is 5.32 Å². The Labute approximate surface area is 168 Å². The van der Waals surface area contributed by atoms with Crippen molar-refractivity contribution < 1.29 is 13.9 Å². The van der Waals surface area contributed by atoms with Crippen molar-refractivity contribution in [2.24, 2.45) is 11.8 Å². The summed E-state index contributed by atoms with van der Waals surface area (Å²) in [6.45, 7) is 6.10. The Balaban J connectivity index is 0.00000261. The van der Waals surface area contributed by atoms with Gasteiger partial charge in [0.15, 0.2) is 0 Å². The topological polar surface area (TPSA) is 41.6 Å². The van der Waals surface area contributed by atoms with Crippen molar-refractivity contribution in [3.8, 4) is 0 Å². The molecule has 0 radical (unpaired) electrons. The van der Waals surface area contributed by atoms with Gasteiger partial charge in [-0.2, -0.15) is 0 Å². The molecule has 0 aromatic heterocycles. The summed E-state index contributed by atoms with van der Waals surface area (Å²) < 4.78 is 19.3. The molecular weight excluding hydrogens is 367 g/mol. The van der Waals surface area contributed by atoms with Crippen molar-refractivity contribution in [2.45, 2.75) is 51.7 Å². The van der Waals surface area contributed by atoms with Gasteiger partial charge in [-0.1, -0.05) is 19.1 Å². The van der Waals surface area contributed by atoms with Crippen LogP contribution in [0.5, 0.6) is 0 Å². The van der Waals surface area contributed by atoms with Crippen molar-refractivity contribution >= 4 is 18.3 Å². The van der Waals surface area contributed by atoms with Crippen LogP contribution in [0.15, 0.2) is 24.3 Å². The van der Waals surface area contributed by atoms with Crippen molar-refractivity contribution in [3.05, 3.63) is 35.6 Å². The van der Waals surface area contributed by atoms with Crippen LogP contribution in [-0.2, 0) is 16.1 Å². The van der Waals surface area contributed by atoms with E-state index in [0.29, 0.717) is 31.3 Å². The van der Waals surface area contributed by atoms with Gasteiger partial charge in [-0.3, -0.25) is 4.79 Å². The summed E-state index contributed by atoms with van der Waals surface area (Å²) in [5.74, 6) is 0.817. The first kappa shape index (κ1) is 22.1. The number of halogens is 2. The molecule has 0 bridgehead atoms. The Morgan fingerprint density at radius 2 is 2.22 bits per heavy atom. The Hall–Kier alpha value is -1.17. The minimum Gasteiger partial charge on any atom is -0.376 e. The molecule has 2 aliphatic heterocycles. The molecule has 2 heterocycles. The first-order valence-corrected chi connectivity index (χ1v) is 9.96. The van der Waals surface area contributed by atoms with E-state index in [1.807, 2.05) is 11.0 Å². The van der Waals surface area contributed by atoms with Crippen molar-refractivity contribution in [1.29, 1.82) is 0 Å². The summed E-state index contributed by atoms with van der Waals surface area (Å²) in [7, 11) is 0. The van der Waals surface area contributed by atoms with Gasteiger partial charge in [0.25, 0.3) is 0 Å². The summed E-state index contributed by atoms with van der Waals surface area (Å²) in [6.07, 6.45) is 5.09. The molecule has 1 aromatic rings. The van der Waals surface area contributed by atoms with E-state index < -0.39 is 0 Å². The molecule has 0 aliphatic carbocycles. The Morgan fingerprint density at radius 1 is 1.37 bits per heavy atom. The third-order valence-corrected chi connectivity index (χ3v) is 5.70. The normalized spacial score (nSPS) is 23.5. The van der Waals surface area contributed by atoms with Crippen LogP contribution in [0.1, 0.15) is 44.6 Å². The number of hydrogen-bond acceptors (Lipinski definition) is 3. The van der Waals surface area contributed by atoms with Crippen molar-refractivity contribution in [1.82, 2.24) is 10.2 Å². The van der Waals surface area contributed by atoms with Gasteiger partial charge in [-0.25, -0.2) is 4.39 Å². The largest absolute Gasteiger partial charge is 0.376 e. The molecule has 152 valence electrons. The lowest BCUT2D eigenvalue weighted by atomic mass is 9.85. The maximum atomic E-state index is 13.5. The van der Waals surface area contributed by atoms with Gasteiger partial charge in [0.2, 0.25) is 5.91 Å². The Kier molecular flexibility index (Phi) is 9.00. The number of rotatable bonds is 7. The highest BCUT2D eigenvalue weighted by molar-refractivity contribution is 5.85. The average molecular weight is 399 g/mol. The second-order valence-corrected chi connectivity index (χ2v) is 7.83. The van der Waals surface area contributed by atoms with E-state index in [0.717, 1.165) is 38.1 Å². The zero-order chi connectivity index (χ0) is 18.4. The number of nitrogens with one attached hydrogen (secondary N) is 1. The zero-order valence-electron chi connectivity index (χ0n) is 16.2. The SMILES string of the molecule is CC(CC(=O)N(Cc1cccc(F)c1)CC1CCCO1)C1CCCNC1.Cl. The molecule has 27 heavy (non-hydrogen) atoms. The fourth-order valence-electron chi connectivity index (χ4n) is 4.08. The lowest BCUT2D eigenvalue weighted by molar-refractivity contribution is -0.134. The predicted molar refractivity (Wildman–Crippen MR) is 107 cm³/mol. The molecule has 2 aliphatic rings. The van der Waals surface area contributed by atoms with Gasteiger partial charge in [0, 0.05) is 26.1 Å². The lowest BCUT2D eigenvalue weighted by Crippen LogP contribution is -2.40. The van der Waals surface area contributed by atoms with Gasteiger partial charge < -0.3 is 15.0 Å². The standard InChI is InChI=1S/C21H31FN2O2.ClH/c1-16(18-6-3-9-23-13-18)11-21(25)24(15-20-8-4-10-26-20)14-17-5-2-7-19(22)12-17;/h2,5,7,12,16,18,20,23H,3-4,6,8-11,13-15H2,1H3;1H. The molecular formula is C21H32ClFN2O2. The highest BCUT2D eigenvalue weighted by Crippen LogP contribution is 2.24. The summed E-state index contributed by atoms with van der Waals surface area (Å²) in [6, 6.07) is 6.54. The molecule has 1 amide bonds. The summed E-state index contributed by atoms with van der Waals surface area (Å²) in [4.78, 5) is 14.9. The highest BCUT2D eigenvalue weighted by Gasteiger charge is 2.27. The molecule has 0 spiro atoms. The molecule has 6 heteroatoms. The van der Waals surface area contributed by atoms with E-state index in [4.69, 9.17) is 4.74 Å². The number of carbonyl (C=O) groups is 1. The van der Waals surface area contributed by atoms with Gasteiger partial charge >= 0.3 is 0 Å². The number of carbonyl (C=O) groups excluding carboxylic acids is 1. The van der Waals surface area contributed by atoms with E-state index in [-0.39, 0.29) is 30.2 Å².